The first-order valence-electron chi connectivity index (χ1n) is 13.9. The highest BCUT2D eigenvalue weighted by Crippen LogP contribution is 2.25. The minimum atomic E-state index is -0.677. The van der Waals surface area contributed by atoms with E-state index >= 15 is 0 Å². The Morgan fingerprint density at radius 2 is 1.67 bits per heavy atom. The maximum atomic E-state index is 13.6. The summed E-state index contributed by atoms with van der Waals surface area (Å²) in [5.41, 5.74) is 8.04. The Bertz CT molecular complexity index is 1330. The number of nitrogens with two attached hydrogens (primary N) is 1. The van der Waals surface area contributed by atoms with Crippen LogP contribution in [0.4, 0.5) is 14.9 Å². The number of hydrazine groups is 1. The lowest BCUT2D eigenvalue weighted by Crippen LogP contribution is -2.48. The molecule has 0 atom stereocenters. The third kappa shape index (κ3) is 8.49. The number of ether oxygens (including phenoxy) is 1. The number of aryl methyl sites for hydroxylation is 1. The molecule has 0 fully saturated rings. The SMILES string of the molecule is CCN(CCN(C(=O)CNCC(=O)N(C)N1Cc2ccc(F)cc2C1)c1cc(C(N)=O)ccc1C)C(=O)OC(C)(C)C. The molecular weight excluding hydrogens is 543 g/mol. The summed E-state index contributed by atoms with van der Waals surface area (Å²) in [6.07, 6.45) is -0.501. The number of hydrogen-bond donors (Lipinski definition) is 2. The second-order valence-corrected chi connectivity index (χ2v) is 11.2. The Kier molecular flexibility index (Phi) is 10.6. The Morgan fingerprint density at radius 1 is 1.00 bits per heavy atom. The topological polar surface area (TPSA) is 129 Å². The van der Waals surface area contributed by atoms with Gasteiger partial charge in [0.05, 0.1) is 13.1 Å². The van der Waals surface area contributed by atoms with E-state index in [4.69, 9.17) is 10.5 Å². The van der Waals surface area contributed by atoms with E-state index in [1.807, 2.05) is 6.92 Å². The van der Waals surface area contributed by atoms with Crippen LogP contribution < -0.4 is 16.0 Å². The largest absolute Gasteiger partial charge is 0.444 e. The maximum Gasteiger partial charge on any atom is 0.410 e. The molecule has 0 saturated carbocycles. The minimum Gasteiger partial charge on any atom is -0.444 e. The molecular formula is C30H41FN6O5. The summed E-state index contributed by atoms with van der Waals surface area (Å²) in [7, 11) is 1.63. The van der Waals surface area contributed by atoms with Crippen molar-refractivity contribution in [1.82, 2.24) is 20.2 Å². The van der Waals surface area contributed by atoms with Gasteiger partial charge in [-0.05, 0) is 75.6 Å². The van der Waals surface area contributed by atoms with Crippen LogP contribution in [0.3, 0.4) is 0 Å². The van der Waals surface area contributed by atoms with Crippen LogP contribution in [0.15, 0.2) is 36.4 Å². The average molecular weight is 585 g/mol. The maximum absolute atomic E-state index is 13.6. The van der Waals surface area contributed by atoms with Crippen molar-refractivity contribution >= 4 is 29.5 Å². The molecule has 3 N–H and O–H groups in total. The average Bonchev–Trinajstić information content (AvgIpc) is 3.33. The molecule has 1 aliphatic heterocycles. The number of fused-ring (bicyclic) bond motifs is 1. The van der Waals surface area contributed by atoms with Gasteiger partial charge in [0.15, 0.2) is 0 Å². The van der Waals surface area contributed by atoms with Gasteiger partial charge < -0.3 is 20.3 Å². The van der Waals surface area contributed by atoms with Gasteiger partial charge in [0.1, 0.15) is 11.4 Å². The van der Waals surface area contributed by atoms with E-state index < -0.39 is 17.6 Å². The fourth-order valence-corrected chi connectivity index (χ4v) is 4.56. The summed E-state index contributed by atoms with van der Waals surface area (Å²) < 4.78 is 19.1. The monoisotopic (exact) mass is 584 g/mol. The molecule has 0 aromatic heterocycles. The molecule has 1 aliphatic rings. The van der Waals surface area contributed by atoms with E-state index in [9.17, 15) is 23.6 Å². The lowest BCUT2D eigenvalue weighted by Gasteiger charge is -2.30. The zero-order chi connectivity index (χ0) is 31.2. The van der Waals surface area contributed by atoms with E-state index in [2.05, 4.69) is 5.32 Å². The Labute approximate surface area is 246 Å². The van der Waals surface area contributed by atoms with Crippen molar-refractivity contribution in [2.45, 2.75) is 53.3 Å². The molecule has 228 valence electrons. The third-order valence-electron chi connectivity index (χ3n) is 6.92. The molecule has 0 bridgehead atoms. The number of benzene rings is 2. The van der Waals surface area contributed by atoms with Gasteiger partial charge in [-0.1, -0.05) is 12.1 Å². The molecule has 0 aliphatic carbocycles. The van der Waals surface area contributed by atoms with Crippen LogP contribution in [-0.2, 0) is 27.4 Å². The van der Waals surface area contributed by atoms with Crippen LogP contribution in [-0.4, -0.2) is 84.1 Å². The zero-order valence-corrected chi connectivity index (χ0v) is 25.2. The van der Waals surface area contributed by atoms with Crippen LogP contribution in [0.5, 0.6) is 0 Å². The molecule has 0 spiro atoms. The summed E-state index contributed by atoms with van der Waals surface area (Å²) in [5.74, 6) is -1.58. The third-order valence-corrected chi connectivity index (χ3v) is 6.92. The molecule has 11 nitrogen and oxygen atoms in total. The lowest BCUT2D eigenvalue weighted by atomic mass is 10.1. The molecule has 1 heterocycles. The molecule has 0 radical (unpaired) electrons. The molecule has 3 rings (SSSR count). The number of carbonyl (C=O) groups excluding carboxylic acids is 4. The summed E-state index contributed by atoms with van der Waals surface area (Å²) in [5, 5.41) is 6.18. The van der Waals surface area contributed by atoms with Gasteiger partial charge in [-0.2, -0.15) is 0 Å². The van der Waals surface area contributed by atoms with Crippen LogP contribution in [0.1, 0.15) is 54.7 Å². The predicted molar refractivity (Wildman–Crippen MR) is 157 cm³/mol. The number of halogens is 1. The molecule has 0 saturated heterocycles. The van der Waals surface area contributed by atoms with Gasteiger partial charge in [-0.25, -0.2) is 14.2 Å². The number of hydrogen-bond acceptors (Lipinski definition) is 7. The number of carbonyl (C=O) groups is 4. The van der Waals surface area contributed by atoms with Gasteiger partial charge in [-0.3, -0.25) is 24.7 Å². The van der Waals surface area contributed by atoms with Gasteiger partial charge in [-0.15, -0.1) is 0 Å². The number of rotatable bonds is 11. The number of nitrogens with one attached hydrogen (secondary N) is 1. The normalized spacial score (nSPS) is 12.9. The molecule has 2 aromatic rings. The summed E-state index contributed by atoms with van der Waals surface area (Å²) in [4.78, 5) is 53.9. The van der Waals surface area contributed by atoms with Crippen molar-refractivity contribution < 1.29 is 28.3 Å². The van der Waals surface area contributed by atoms with E-state index in [0.717, 1.165) is 16.7 Å². The van der Waals surface area contributed by atoms with E-state index in [1.54, 1.807) is 64.0 Å². The first-order chi connectivity index (χ1) is 19.7. The lowest BCUT2D eigenvalue weighted by molar-refractivity contribution is -0.145. The predicted octanol–water partition coefficient (Wildman–Crippen LogP) is 2.80. The van der Waals surface area contributed by atoms with E-state index in [0.29, 0.717) is 25.3 Å². The van der Waals surface area contributed by atoms with Crippen molar-refractivity contribution in [2.75, 3.05) is 44.7 Å². The highest BCUT2D eigenvalue weighted by Gasteiger charge is 2.27. The van der Waals surface area contributed by atoms with Crippen molar-refractivity contribution in [3.8, 4) is 0 Å². The molecule has 2 aromatic carbocycles. The Balaban J connectivity index is 1.68. The van der Waals surface area contributed by atoms with E-state index in [-0.39, 0.29) is 49.4 Å². The highest BCUT2D eigenvalue weighted by molar-refractivity contribution is 5.99. The standard InChI is InChI=1S/C30H41FN6O5/c1-7-35(29(41)42-30(3,4)5)12-13-37(25-15-21(28(32)40)9-8-20(25)2)27(39)17-33-16-26(38)34(6)36-18-22-10-11-24(31)14-23(22)19-36/h8-11,14-15,33H,7,12-13,16-19H2,1-6H3,(H2,32,40). The van der Waals surface area contributed by atoms with Crippen LogP contribution in [0, 0.1) is 12.7 Å². The number of nitrogens with zero attached hydrogens (tertiary/aromatic N) is 4. The number of likely N-dealkylation sites (N-methyl/N-ethyl adjacent to an activating group) is 2. The summed E-state index contributed by atoms with van der Waals surface area (Å²) in [6.45, 7) is 10.2. The second-order valence-electron chi connectivity index (χ2n) is 11.2. The summed E-state index contributed by atoms with van der Waals surface area (Å²) >= 11 is 0. The smallest absolute Gasteiger partial charge is 0.410 e. The highest BCUT2D eigenvalue weighted by atomic mass is 19.1. The molecule has 0 unspecified atom stereocenters. The second kappa shape index (κ2) is 13.8. The van der Waals surface area contributed by atoms with Crippen LogP contribution >= 0.6 is 0 Å². The van der Waals surface area contributed by atoms with Crippen LogP contribution in [0.25, 0.3) is 0 Å². The first-order valence-corrected chi connectivity index (χ1v) is 13.9. The number of primary amides is 1. The summed E-state index contributed by atoms with van der Waals surface area (Å²) in [6, 6.07) is 9.42. The number of amides is 4. The Morgan fingerprint density at radius 3 is 2.31 bits per heavy atom. The molecule has 4 amide bonds. The number of anilines is 1. The van der Waals surface area contributed by atoms with Crippen molar-refractivity contribution in [3.63, 3.8) is 0 Å². The fourth-order valence-electron chi connectivity index (χ4n) is 4.56. The Hall–Kier alpha value is -4.03. The minimum absolute atomic E-state index is 0.114. The van der Waals surface area contributed by atoms with Crippen molar-refractivity contribution in [3.05, 3.63) is 64.5 Å². The fraction of sp³-hybridized carbons (Fsp3) is 0.467. The first kappa shape index (κ1) is 32.5. The van der Waals surface area contributed by atoms with Crippen molar-refractivity contribution in [2.24, 2.45) is 5.73 Å². The van der Waals surface area contributed by atoms with Gasteiger partial charge in [0.25, 0.3) is 5.91 Å². The van der Waals surface area contributed by atoms with Crippen molar-refractivity contribution in [1.29, 1.82) is 0 Å². The molecule has 12 heteroatoms. The van der Waals surface area contributed by atoms with E-state index in [1.165, 1.54) is 26.9 Å². The molecule has 42 heavy (non-hydrogen) atoms. The van der Waals surface area contributed by atoms with Crippen LogP contribution in [0.2, 0.25) is 0 Å². The van der Waals surface area contributed by atoms with Gasteiger partial charge in [0, 0.05) is 51.0 Å². The quantitative estimate of drug-likeness (QED) is 0.416. The van der Waals surface area contributed by atoms with Gasteiger partial charge >= 0.3 is 6.09 Å². The van der Waals surface area contributed by atoms with Gasteiger partial charge in [0.2, 0.25) is 11.8 Å². The zero-order valence-electron chi connectivity index (χ0n) is 25.2.